The number of carbonyl (C=O) groups excluding carboxylic acids is 1. The molecule has 0 radical (unpaired) electrons. The Balaban J connectivity index is 2.17. The van der Waals surface area contributed by atoms with Gasteiger partial charge in [0.15, 0.2) is 0 Å². The Labute approximate surface area is 99.6 Å². The maximum atomic E-state index is 11.8. The van der Waals surface area contributed by atoms with Gasteiger partial charge in [0.25, 0.3) is 0 Å². The fourth-order valence-corrected chi connectivity index (χ4v) is 1.78. The molecule has 0 bridgehead atoms. The largest absolute Gasteiger partial charge is 0.347 e. The molecule has 3 N–H and O–H groups in total. The molecule has 1 saturated heterocycles. The number of hydrogen-bond donors (Lipinski definition) is 2. The SMILES string of the molecule is CN1CCCN(c2ccnc(NN)n2)CC1=O. The second-order valence-corrected chi connectivity index (χ2v) is 3.97. The van der Waals surface area contributed by atoms with E-state index in [9.17, 15) is 4.79 Å². The molecule has 1 aromatic heterocycles. The van der Waals surface area contributed by atoms with Crippen LogP contribution in [0, 0.1) is 0 Å². The maximum absolute atomic E-state index is 11.8. The zero-order chi connectivity index (χ0) is 12.3. The number of amides is 1. The van der Waals surface area contributed by atoms with Crippen molar-refractivity contribution >= 4 is 17.7 Å². The number of nitrogens with one attached hydrogen (secondary N) is 1. The number of nitrogen functional groups attached to an aromatic ring is 1. The third-order valence-corrected chi connectivity index (χ3v) is 2.77. The van der Waals surface area contributed by atoms with E-state index in [1.54, 1.807) is 17.2 Å². The van der Waals surface area contributed by atoms with Crippen LogP contribution < -0.4 is 16.2 Å². The number of anilines is 2. The molecule has 1 amide bonds. The molecule has 0 spiro atoms. The van der Waals surface area contributed by atoms with E-state index >= 15 is 0 Å². The van der Waals surface area contributed by atoms with E-state index in [1.807, 2.05) is 11.9 Å². The number of hydrazine groups is 1. The first kappa shape index (κ1) is 11.6. The summed E-state index contributed by atoms with van der Waals surface area (Å²) in [7, 11) is 1.82. The first-order valence-electron chi connectivity index (χ1n) is 5.49. The lowest BCUT2D eigenvalue weighted by Crippen LogP contribution is -2.34. The molecule has 0 unspecified atom stereocenters. The molecule has 17 heavy (non-hydrogen) atoms. The molecule has 92 valence electrons. The maximum Gasteiger partial charge on any atom is 0.241 e. The fourth-order valence-electron chi connectivity index (χ4n) is 1.78. The summed E-state index contributed by atoms with van der Waals surface area (Å²) in [6.45, 7) is 1.93. The highest BCUT2D eigenvalue weighted by atomic mass is 16.2. The van der Waals surface area contributed by atoms with Crippen molar-refractivity contribution < 1.29 is 4.79 Å². The minimum Gasteiger partial charge on any atom is -0.347 e. The monoisotopic (exact) mass is 236 g/mol. The van der Waals surface area contributed by atoms with Crippen LogP contribution in [0.4, 0.5) is 11.8 Å². The van der Waals surface area contributed by atoms with Crippen LogP contribution in [0.3, 0.4) is 0 Å². The van der Waals surface area contributed by atoms with Gasteiger partial charge in [-0.3, -0.25) is 10.2 Å². The van der Waals surface area contributed by atoms with Gasteiger partial charge < -0.3 is 9.80 Å². The van der Waals surface area contributed by atoms with E-state index < -0.39 is 0 Å². The number of nitrogens with two attached hydrogens (primary N) is 1. The van der Waals surface area contributed by atoms with E-state index in [-0.39, 0.29) is 5.91 Å². The number of rotatable bonds is 2. The quantitative estimate of drug-likeness (QED) is 0.528. The van der Waals surface area contributed by atoms with Crippen LogP contribution in [0.25, 0.3) is 0 Å². The van der Waals surface area contributed by atoms with Crippen molar-refractivity contribution in [3.63, 3.8) is 0 Å². The first-order chi connectivity index (χ1) is 8.20. The molecule has 0 saturated carbocycles. The summed E-state index contributed by atoms with van der Waals surface area (Å²) >= 11 is 0. The second kappa shape index (κ2) is 4.96. The molecule has 2 heterocycles. The van der Waals surface area contributed by atoms with Crippen LogP contribution in [-0.4, -0.2) is 47.5 Å². The lowest BCUT2D eigenvalue weighted by Gasteiger charge is -2.20. The Hall–Kier alpha value is -1.89. The Morgan fingerprint density at radius 2 is 2.29 bits per heavy atom. The lowest BCUT2D eigenvalue weighted by atomic mass is 10.4. The van der Waals surface area contributed by atoms with Gasteiger partial charge >= 0.3 is 0 Å². The predicted molar refractivity (Wildman–Crippen MR) is 64.3 cm³/mol. The molecule has 1 aromatic rings. The molecule has 1 fully saturated rings. The first-order valence-corrected chi connectivity index (χ1v) is 5.49. The highest BCUT2D eigenvalue weighted by Crippen LogP contribution is 2.14. The van der Waals surface area contributed by atoms with Crippen molar-refractivity contribution in [1.82, 2.24) is 14.9 Å². The van der Waals surface area contributed by atoms with Crippen LogP contribution in [0.5, 0.6) is 0 Å². The molecule has 0 atom stereocenters. The van der Waals surface area contributed by atoms with E-state index in [2.05, 4.69) is 15.4 Å². The summed E-state index contributed by atoms with van der Waals surface area (Å²) < 4.78 is 0. The highest BCUT2D eigenvalue weighted by Gasteiger charge is 2.20. The third kappa shape index (κ3) is 2.62. The molecule has 1 aliphatic heterocycles. The summed E-state index contributed by atoms with van der Waals surface area (Å²) in [6.07, 6.45) is 2.55. The zero-order valence-electron chi connectivity index (χ0n) is 9.76. The normalized spacial score (nSPS) is 16.9. The van der Waals surface area contributed by atoms with E-state index in [4.69, 9.17) is 5.84 Å². The molecular formula is C10H16N6O. The van der Waals surface area contributed by atoms with Gasteiger partial charge in [-0.2, -0.15) is 4.98 Å². The summed E-state index contributed by atoms with van der Waals surface area (Å²) in [4.78, 5) is 23.6. The second-order valence-electron chi connectivity index (χ2n) is 3.97. The summed E-state index contributed by atoms with van der Waals surface area (Å²) in [5.74, 6) is 6.43. The summed E-state index contributed by atoms with van der Waals surface area (Å²) in [5, 5.41) is 0. The highest BCUT2D eigenvalue weighted by molar-refractivity contribution is 5.81. The van der Waals surface area contributed by atoms with Crippen molar-refractivity contribution in [3.8, 4) is 0 Å². The van der Waals surface area contributed by atoms with Gasteiger partial charge in [0, 0.05) is 26.3 Å². The van der Waals surface area contributed by atoms with Gasteiger partial charge in [-0.15, -0.1) is 0 Å². The van der Waals surface area contributed by atoms with E-state index in [0.717, 1.165) is 25.3 Å². The van der Waals surface area contributed by atoms with Crippen LogP contribution in [-0.2, 0) is 4.79 Å². The number of nitrogens with zero attached hydrogens (tertiary/aromatic N) is 4. The van der Waals surface area contributed by atoms with Crippen molar-refractivity contribution in [2.45, 2.75) is 6.42 Å². The van der Waals surface area contributed by atoms with Gasteiger partial charge in [-0.25, -0.2) is 10.8 Å². The van der Waals surface area contributed by atoms with Gasteiger partial charge in [-0.1, -0.05) is 0 Å². The smallest absolute Gasteiger partial charge is 0.241 e. The van der Waals surface area contributed by atoms with Gasteiger partial charge in [-0.05, 0) is 12.5 Å². The number of aromatic nitrogens is 2. The number of hydrogen-bond acceptors (Lipinski definition) is 6. The van der Waals surface area contributed by atoms with Gasteiger partial charge in [0.05, 0.1) is 6.54 Å². The summed E-state index contributed by atoms with van der Waals surface area (Å²) in [5.41, 5.74) is 2.40. The van der Waals surface area contributed by atoms with Crippen molar-refractivity contribution in [2.75, 3.05) is 37.0 Å². The lowest BCUT2D eigenvalue weighted by molar-refractivity contribution is -0.127. The average Bonchev–Trinajstić information content (AvgIpc) is 2.52. The van der Waals surface area contributed by atoms with Crippen molar-refractivity contribution in [2.24, 2.45) is 5.84 Å². The minimum atomic E-state index is 0.100. The molecule has 2 rings (SSSR count). The molecule has 7 nitrogen and oxygen atoms in total. The topological polar surface area (TPSA) is 87.4 Å². The number of likely N-dealkylation sites (N-methyl/N-ethyl adjacent to an activating group) is 1. The van der Waals surface area contributed by atoms with Crippen LogP contribution in [0.15, 0.2) is 12.3 Å². The van der Waals surface area contributed by atoms with Crippen LogP contribution >= 0.6 is 0 Å². The van der Waals surface area contributed by atoms with Crippen molar-refractivity contribution in [3.05, 3.63) is 12.3 Å². The number of carbonyl (C=O) groups is 1. The molecule has 0 aromatic carbocycles. The van der Waals surface area contributed by atoms with Crippen LogP contribution in [0.2, 0.25) is 0 Å². The predicted octanol–water partition coefficient (Wildman–Crippen LogP) is -0.569. The molecule has 1 aliphatic rings. The Morgan fingerprint density at radius 3 is 3.06 bits per heavy atom. The Bertz CT molecular complexity index is 410. The third-order valence-electron chi connectivity index (χ3n) is 2.77. The van der Waals surface area contributed by atoms with Gasteiger partial charge in [0.1, 0.15) is 5.82 Å². The Morgan fingerprint density at radius 1 is 1.47 bits per heavy atom. The fraction of sp³-hybridized carbons (Fsp3) is 0.500. The zero-order valence-corrected chi connectivity index (χ0v) is 9.76. The minimum absolute atomic E-state index is 0.100. The van der Waals surface area contributed by atoms with Gasteiger partial charge in [0.2, 0.25) is 11.9 Å². The Kier molecular flexibility index (Phi) is 3.38. The molecule has 0 aliphatic carbocycles. The average molecular weight is 236 g/mol. The van der Waals surface area contributed by atoms with E-state index in [0.29, 0.717) is 12.5 Å². The molecular weight excluding hydrogens is 220 g/mol. The molecule has 7 heteroatoms. The van der Waals surface area contributed by atoms with E-state index in [1.165, 1.54) is 0 Å². The summed E-state index contributed by atoms with van der Waals surface area (Å²) in [6, 6.07) is 1.78. The van der Waals surface area contributed by atoms with Crippen LogP contribution in [0.1, 0.15) is 6.42 Å². The van der Waals surface area contributed by atoms with Crippen molar-refractivity contribution in [1.29, 1.82) is 0 Å². The standard InChI is InChI=1S/C10H16N6O/c1-15-5-2-6-16(7-9(15)17)8-3-4-12-10(13-8)14-11/h3-4H,2,5-7,11H2,1H3,(H,12,13,14).